The van der Waals surface area contributed by atoms with Crippen LogP contribution in [-0.2, 0) is 0 Å². The maximum absolute atomic E-state index is 13.1. The first-order valence-corrected chi connectivity index (χ1v) is 4.74. The van der Waals surface area contributed by atoms with Crippen LogP contribution in [0, 0.1) is 0 Å². The van der Waals surface area contributed by atoms with E-state index < -0.39 is 35.4 Å². The Morgan fingerprint density at radius 1 is 0.882 bits per heavy atom. The summed E-state index contributed by atoms with van der Waals surface area (Å²) in [5.74, 6) is -16.5. The van der Waals surface area contributed by atoms with E-state index in [0.717, 1.165) is 6.92 Å². The maximum Gasteiger partial charge on any atom is 0.379 e. The summed E-state index contributed by atoms with van der Waals surface area (Å²) in [4.78, 5) is 0. The van der Waals surface area contributed by atoms with Crippen molar-refractivity contribution in [1.29, 1.82) is 0 Å². The normalized spacial score (nSPS) is 14.9. The van der Waals surface area contributed by atoms with Crippen LogP contribution in [0.4, 0.5) is 30.7 Å². The third kappa shape index (κ3) is 2.28. The Kier molecular flexibility index (Phi) is 3.99. The number of hydrogen-bond acceptors (Lipinski definition) is 0. The molecule has 0 saturated heterocycles. The number of allylic oxidation sites excluding steroid dienone is 1. The van der Waals surface area contributed by atoms with Gasteiger partial charge >= 0.3 is 17.8 Å². The summed E-state index contributed by atoms with van der Waals surface area (Å²) in [6, 6.07) is 0. The van der Waals surface area contributed by atoms with Crippen molar-refractivity contribution in [2.24, 2.45) is 0 Å². The molecule has 0 aromatic rings. The molecule has 0 aliphatic heterocycles. The molecule has 0 fully saturated rings. The Balaban J connectivity index is 5.63. The van der Waals surface area contributed by atoms with Crippen LogP contribution >= 0.6 is 0 Å². The zero-order valence-electron chi connectivity index (χ0n) is 9.56. The molecule has 0 radical (unpaired) electrons. The standard InChI is InChI=1S/C10H13F7/c1-5-6(2)8(12,13)10(16,17)9(14,15)7(3,4)11/h2,5H2,1,3-4H3. The van der Waals surface area contributed by atoms with Gasteiger partial charge < -0.3 is 0 Å². The van der Waals surface area contributed by atoms with Crippen molar-refractivity contribution in [2.45, 2.75) is 50.6 Å². The van der Waals surface area contributed by atoms with E-state index in [1.165, 1.54) is 0 Å². The average Bonchev–Trinajstić information content (AvgIpc) is 2.13. The third-order valence-electron chi connectivity index (χ3n) is 2.41. The quantitative estimate of drug-likeness (QED) is 0.503. The third-order valence-corrected chi connectivity index (χ3v) is 2.41. The van der Waals surface area contributed by atoms with Gasteiger partial charge in [-0.1, -0.05) is 13.5 Å². The molecule has 7 heteroatoms. The van der Waals surface area contributed by atoms with Crippen molar-refractivity contribution in [3.8, 4) is 0 Å². The van der Waals surface area contributed by atoms with Crippen molar-refractivity contribution in [3.63, 3.8) is 0 Å². The first-order valence-electron chi connectivity index (χ1n) is 4.74. The van der Waals surface area contributed by atoms with Crippen molar-refractivity contribution >= 4 is 0 Å². The number of rotatable bonds is 5. The number of hydrogen-bond donors (Lipinski definition) is 0. The molecule has 0 aliphatic rings. The fraction of sp³-hybridized carbons (Fsp3) is 0.800. The Hall–Kier alpha value is -0.750. The lowest BCUT2D eigenvalue weighted by atomic mass is 9.89. The summed E-state index contributed by atoms with van der Waals surface area (Å²) >= 11 is 0. The van der Waals surface area contributed by atoms with Gasteiger partial charge in [0.1, 0.15) is 0 Å². The van der Waals surface area contributed by atoms with Crippen LogP contribution in [0.3, 0.4) is 0 Å². The highest BCUT2D eigenvalue weighted by molar-refractivity contribution is 5.18. The Labute approximate surface area is 94.5 Å². The minimum atomic E-state index is -5.84. The van der Waals surface area contributed by atoms with Gasteiger partial charge in [-0.25, -0.2) is 4.39 Å². The lowest BCUT2D eigenvalue weighted by Gasteiger charge is -2.38. The molecule has 17 heavy (non-hydrogen) atoms. The van der Waals surface area contributed by atoms with E-state index in [-0.39, 0.29) is 13.8 Å². The van der Waals surface area contributed by atoms with Gasteiger partial charge in [0.25, 0.3) is 0 Å². The maximum atomic E-state index is 13.1. The van der Waals surface area contributed by atoms with Crippen molar-refractivity contribution in [3.05, 3.63) is 12.2 Å². The Bertz CT molecular complexity index is 298. The zero-order chi connectivity index (χ0) is 14.3. The lowest BCUT2D eigenvalue weighted by molar-refractivity contribution is -0.328. The first kappa shape index (κ1) is 16.2. The van der Waals surface area contributed by atoms with Gasteiger partial charge in [0.05, 0.1) is 0 Å². The van der Waals surface area contributed by atoms with Gasteiger partial charge in [-0.05, 0) is 25.8 Å². The predicted molar refractivity (Wildman–Crippen MR) is 49.5 cm³/mol. The summed E-state index contributed by atoms with van der Waals surface area (Å²) in [7, 11) is 0. The van der Waals surface area contributed by atoms with Crippen LogP contribution in [0.5, 0.6) is 0 Å². The highest BCUT2D eigenvalue weighted by atomic mass is 19.3. The fourth-order valence-electron chi connectivity index (χ4n) is 1.01. The van der Waals surface area contributed by atoms with Crippen molar-refractivity contribution in [2.75, 3.05) is 0 Å². The number of halogens is 7. The lowest BCUT2D eigenvalue weighted by Crippen LogP contribution is -2.62. The summed E-state index contributed by atoms with van der Waals surface area (Å²) in [5, 5.41) is 0. The molecule has 0 unspecified atom stereocenters. The van der Waals surface area contributed by atoms with E-state index in [2.05, 4.69) is 6.58 Å². The average molecular weight is 266 g/mol. The van der Waals surface area contributed by atoms with Gasteiger partial charge in [-0.2, -0.15) is 26.3 Å². The second kappa shape index (κ2) is 4.17. The molecule has 0 amide bonds. The van der Waals surface area contributed by atoms with Gasteiger partial charge in [0.2, 0.25) is 0 Å². The van der Waals surface area contributed by atoms with Gasteiger partial charge in [0, 0.05) is 0 Å². The highest BCUT2D eigenvalue weighted by Gasteiger charge is 2.77. The molecule has 0 aromatic carbocycles. The fourth-order valence-corrected chi connectivity index (χ4v) is 1.01. The molecule has 0 bridgehead atoms. The number of alkyl halides is 7. The van der Waals surface area contributed by atoms with Gasteiger partial charge in [-0.3, -0.25) is 0 Å². The van der Waals surface area contributed by atoms with Crippen LogP contribution in [0.15, 0.2) is 12.2 Å². The SMILES string of the molecule is C=C(CC)C(F)(F)C(F)(F)C(F)(F)C(C)(C)F. The van der Waals surface area contributed by atoms with E-state index in [9.17, 15) is 30.7 Å². The molecule has 0 rings (SSSR count). The largest absolute Gasteiger partial charge is 0.379 e. The minimum Gasteiger partial charge on any atom is -0.238 e. The van der Waals surface area contributed by atoms with Crippen LogP contribution in [0.1, 0.15) is 27.2 Å². The minimum absolute atomic E-state index is 0.117. The summed E-state index contributed by atoms with van der Waals surface area (Å²) in [6.07, 6.45) is -0.620. The second-order valence-corrected chi connectivity index (χ2v) is 4.15. The smallest absolute Gasteiger partial charge is 0.238 e. The van der Waals surface area contributed by atoms with E-state index in [0.29, 0.717) is 0 Å². The van der Waals surface area contributed by atoms with E-state index in [1.54, 1.807) is 0 Å². The van der Waals surface area contributed by atoms with Crippen LogP contribution in [0.25, 0.3) is 0 Å². The molecule has 0 nitrogen and oxygen atoms in total. The topological polar surface area (TPSA) is 0 Å². The van der Waals surface area contributed by atoms with Crippen LogP contribution in [0.2, 0.25) is 0 Å². The van der Waals surface area contributed by atoms with E-state index in [1.807, 2.05) is 0 Å². The Morgan fingerprint density at radius 3 is 1.47 bits per heavy atom. The molecule has 0 spiro atoms. The molecular weight excluding hydrogens is 253 g/mol. The zero-order valence-corrected chi connectivity index (χ0v) is 9.56. The molecule has 0 aromatic heterocycles. The predicted octanol–water partition coefficient (Wildman–Crippen LogP) is 4.61. The van der Waals surface area contributed by atoms with Crippen molar-refractivity contribution in [1.82, 2.24) is 0 Å². The Morgan fingerprint density at radius 2 is 1.24 bits per heavy atom. The summed E-state index contributed by atoms with van der Waals surface area (Å²) in [6.45, 7) is 3.92. The molecule has 102 valence electrons. The molecule has 0 heterocycles. The monoisotopic (exact) mass is 266 g/mol. The summed E-state index contributed by atoms with van der Waals surface area (Å²) in [5.41, 5.74) is -5.15. The van der Waals surface area contributed by atoms with Gasteiger partial charge in [0.15, 0.2) is 5.67 Å². The van der Waals surface area contributed by atoms with Gasteiger partial charge in [-0.15, -0.1) is 0 Å². The van der Waals surface area contributed by atoms with E-state index >= 15 is 0 Å². The van der Waals surface area contributed by atoms with Crippen LogP contribution < -0.4 is 0 Å². The molecule has 0 saturated carbocycles. The summed E-state index contributed by atoms with van der Waals surface area (Å²) < 4.78 is 91.6. The van der Waals surface area contributed by atoms with Crippen LogP contribution in [-0.4, -0.2) is 23.4 Å². The molecule has 0 aliphatic carbocycles. The van der Waals surface area contributed by atoms with Crippen molar-refractivity contribution < 1.29 is 30.7 Å². The highest BCUT2D eigenvalue weighted by Crippen LogP contribution is 2.54. The molecule has 0 atom stereocenters. The first-order chi connectivity index (χ1) is 7.23. The second-order valence-electron chi connectivity index (χ2n) is 4.15. The molecular formula is C10H13F7. The molecule has 0 N–H and O–H groups in total. The van der Waals surface area contributed by atoms with E-state index in [4.69, 9.17) is 0 Å².